The largest absolute Gasteiger partial charge is 0.378 e. The standard InChI is InChI=1S/C16H32N2O/c1-5-12-7-8-17-13(9-12)11-18-14-10-15(19-6-2)16(14,3)4/h12-15,17-18H,5-11H2,1-4H3. The van der Waals surface area contributed by atoms with E-state index in [-0.39, 0.29) is 5.41 Å². The highest BCUT2D eigenvalue weighted by atomic mass is 16.5. The highest BCUT2D eigenvalue weighted by Crippen LogP contribution is 2.42. The topological polar surface area (TPSA) is 33.3 Å². The lowest BCUT2D eigenvalue weighted by molar-refractivity contribution is -0.114. The molecule has 1 saturated carbocycles. The summed E-state index contributed by atoms with van der Waals surface area (Å²) in [7, 11) is 0. The Balaban J connectivity index is 1.71. The molecular formula is C16H32N2O. The molecule has 1 heterocycles. The second-order valence-electron chi connectivity index (χ2n) is 6.91. The number of hydrogen-bond donors (Lipinski definition) is 2. The summed E-state index contributed by atoms with van der Waals surface area (Å²) in [4.78, 5) is 0. The average molecular weight is 268 g/mol. The van der Waals surface area contributed by atoms with Gasteiger partial charge in [-0.1, -0.05) is 27.2 Å². The fourth-order valence-electron chi connectivity index (χ4n) is 3.62. The molecule has 1 aliphatic carbocycles. The monoisotopic (exact) mass is 268 g/mol. The van der Waals surface area contributed by atoms with Crippen molar-refractivity contribution < 1.29 is 4.74 Å². The van der Waals surface area contributed by atoms with Gasteiger partial charge < -0.3 is 15.4 Å². The van der Waals surface area contributed by atoms with Gasteiger partial charge in [0.1, 0.15) is 0 Å². The van der Waals surface area contributed by atoms with E-state index < -0.39 is 0 Å². The summed E-state index contributed by atoms with van der Waals surface area (Å²) in [6, 6.07) is 1.29. The van der Waals surface area contributed by atoms with Crippen molar-refractivity contribution in [3.8, 4) is 0 Å². The smallest absolute Gasteiger partial charge is 0.0655 e. The minimum atomic E-state index is 0.287. The van der Waals surface area contributed by atoms with E-state index in [1.165, 1.54) is 32.2 Å². The van der Waals surface area contributed by atoms with Crippen molar-refractivity contribution >= 4 is 0 Å². The highest BCUT2D eigenvalue weighted by molar-refractivity contribution is 5.03. The van der Waals surface area contributed by atoms with E-state index in [0.29, 0.717) is 18.2 Å². The third-order valence-corrected chi connectivity index (χ3v) is 5.34. The van der Waals surface area contributed by atoms with E-state index in [1.807, 2.05) is 0 Å². The number of hydrogen-bond acceptors (Lipinski definition) is 3. The van der Waals surface area contributed by atoms with E-state index in [4.69, 9.17) is 4.74 Å². The minimum Gasteiger partial charge on any atom is -0.378 e. The maximum absolute atomic E-state index is 5.79. The normalized spacial score (nSPS) is 37.9. The van der Waals surface area contributed by atoms with Crippen molar-refractivity contribution in [3.05, 3.63) is 0 Å². The first-order valence-corrected chi connectivity index (χ1v) is 8.16. The second-order valence-corrected chi connectivity index (χ2v) is 6.91. The fraction of sp³-hybridized carbons (Fsp3) is 1.00. The Labute approximate surface area is 118 Å². The van der Waals surface area contributed by atoms with Gasteiger partial charge in [0.2, 0.25) is 0 Å². The van der Waals surface area contributed by atoms with Gasteiger partial charge in [-0.05, 0) is 38.6 Å². The summed E-state index contributed by atoms with van der Waals surface area (Å²) in [5.41, 5.74) is 0.287. The Hall–Kier alpha value is -0.120. The van der Waals surface area contributed by atoms with Gasteiger partial charge in [-0.25, -0.2) is 0 Å². The van der Waals surface area contributed by atoms with Gasteiger partial charge in [-0.2, -0.15) is 0 Å². The summed E-state index contributed by atoms with van der Waals surface area (Å²) in [5.74, 6) is 0.929. The van der Waals surface area contributed by atoms with Crippen LogP contribution < -0.4 is 10.6 Å². The van der Waals surface area contributed by atoms with Crippen LogP contribution in [0.25, 0.3) is 0 Å². The van der Waals surface area contributed by atoms with Gasteiger partial charge in [0, 0.05) is 30.7 Å². The molecule has 0 radical (unpaired) electrons. The van der Waals surface area contributed by atoms with E-state index in [0.717, 1.165) is 19.1 Å². The Morgan fingerprint density at radius 2 is 2.05 bits per heavy atom. The molecule has 0 aromatic rings. The van der Waals surface area contributed by atoms with Crippen LogP contribution in [-0.4, -0.2) is 37.9 Å². The maximum Gasteiger partial charge on any atom is 0.0655 e. The summed E-state index contributed by atoms with van der Waals surface area (Å²) in [6.45, 7) is 12.2. The van der Waals surface area contributed by atoms with Crippen LogP contribution in [-0.2, 0) is 4.74 Å². The Morgan fingerprint density at radius 3 is 2.68 bits per heavy atom. The fourth-order valence-corrected chi connectivity index (χ4v) is 3.62. The second kappa shape index (κ2) is 6.55. The van der Waals surface area contributed by atoms with Gasteiger partial charge in [-0.3, -0.25) is 0 Å². The Kier molecular flexibility index (Phi) is 5.27. The summed E-state index contributed by atoms with van der Waals surface area (Å²) in [6.07, 6.45) is 5.64. The quantitative estimate of drug-likeness (QED) is 0.777. The highest BCUT2D eigenvalue weighted by Gasteiger charge is 2.48. The Bertz CT molecular complexity index is 280. The number of piperidine rings is 1. The minimum absolute atomic E-state index is 0.287. The zero-order valence-electron chi connectivity index (χ0n) is 13.2. The zero-order chi connectivity index (χ0) is 13.9. The van der Waals surface area contributed by atoms with E-state index >= 15 is 0 Å². The van der Waals surface area contributed by atoms with Crippen molar-refractivity contribution in [1.29, 1.82) is 0 Å². The van der Waals surface area contributed by atoms with Crippen molar-refractivity contribution in [2.45, 2.75) is 71.6 Å². The molecule has 3 nitrogen and oxygen atoms in total. The van der Waals surface area contributed by atoms with Crippen LogP contribution in [0.4, 0.5) is 0 Å². The molecule has 0 aromatic carbocycles. The molecule has 1 aliphatic heterocycles. The first-order valence-electron chi connectivity index (χ1n) is 8.16. The molecular weight excluding hydrogens is 236 g/mol. The zero-order valence-corrected chi connectivity index (χ0v) is 13.2. The molecule has 0 aromatic heterocycles. The summed E-state index contributed by atoms with van der Waals surface area (Å²) < 4.78 is 5.79. The third-order valence-electron chi connectivity index (χ3n) is 5.34. The molecule has 112 valence electrons. The molecule has 4 unspecified atom stereocenters. The molecule has 0 spiro atoms. The van der Waals surface area contributed by atoms with Gasteiger partial charge >= 0.3 is 0 Å². The first kappa shape index (κ1) is 15.3. The van der Waals surface area contributed by atoms with Crippen LogP contribution >= 0.6 is 0 Å². The van der Waals surface area contributed by atoms with Crippen molar-refractivity contribution in [2.75, 3.05) is 19.7 Å². The molecule has 2 rings (SSSR count). The average Bonchev–Trinajstić information content (AvgIpc) is 2.42. The van der Waals surface area contributed by atoms with Crippen molar-refractivity contribution in [3.63, 3.8) is 0 Å². The van der Waals surface area contributed by atoms with Crippen molar-refractivity contribution in [2.24, 2.45) is 11.3 Å². The van der Waals surface area contributed by atoms with Crippen LogP contribution in [0.15, 0.2) is 0 Å². The van der Waals surface area contributed by atoms with Gasteiger partial charge in [0.25, 0.3) is 0 Å². The number of nitrogens with one attached hydrogen (secondary N) is 2. The van der Waals surface area contributed by atoms with E-state index in [9.17, 15) is 0 Å². The summed E-state index contributed by atoms with van der Waals surface area (Å²) >= 11 is 0. The molecule has 2 aliphatic rings. The molecule has 4 atom stereocenters. The van der Waals surface area contributed by atoms with Gasteiger partial charge in [-0.15, -0.1) is 0 Å². The van der Waals surface area contributed by atoms with Crippen LogP contribution in [0.5, 0.6) is 0 Å². The molecule has 2 fully saturated rings. The van der Waals surface area contributed by atoms with Gasteiger partial charge in [0.05, 0.1) is 6.10 Å². The number of ether oxygens (including phenoxy) is 1. The SMILES string of the molecule is CCOC1CC(NCC2CC(CC)CCN2)C1(C)C. The molecule has 1 saturated heterocycles. The van der Waals surface area contributed by atoms with Crippen LogP contribution in [0.1, 0.15) is 53.4 Å². The molecule has 2 N–H and O–H groups in total. The molecule has 0 bridgehead atoms. The van der Waals surface area contributed by atoms with E-state index in [1.54, 1.807) is 0 Å². The first-order chi connectivity index (χ1) is 9.07. The lowest BCUT2D eigenvalue weighted by Gasteiger charge is -2.52. The van der Waals surface area contributed by atoms with Crippen LogP contribution in [0.2, 0.25) is 0 Å². The molecule has 19 heavy (non-hydrogen) atoms. The number of rotatable bonds is 6. The predicted octanol–water partition coefficient (Wildman–Crippen LogP) is 2.56. The van der Waals surface area contributed by atoms with Crippen LogP contribution in [0.3, 0.4) is 0 Å². The maximum atomic E-state index is 5.79. The van der Waals surface area contributed by atoms with E-state index in [2.05, 4.69) is 38.3 Å². The Morgan fingerprint density at radius 1 is 1.26 bits per heavy atom. The van der Waals surface area contributed by atoms with Crippen LogP contribution in [0, 0.1) is 11.3 Å². The predicted molar refractivity (Wildman–Crippen MR) is 80.4 cm³/mol. The lowest BCUT2D eigenvalue weighted by Crippen LogP contribution is -2.62. The summed E-state index contributed by atoms with van der Waals surface area (Å²) in [5, 5.41) is 7.43. The molecule has 3 heteroatoms. The van der Waals surface area contributed by atoms with Gasteiger partial charge in [0.15, 0.2) is 0 Å². The third kappa shape index (κ3) is 3.50. The molecule has 0 amide bonds. The lowest BCUT2D eigenvalue weighted by atomic mass is 9.64. The van der Waals surface area contributed by atoms with Crippen molar-refractivity contribution in [1.82, 2.24) is 10.6 Å².